The summed E-state index contributed by atoms with van der Waals surface area (Å²) in [6.45, 7) is 8.35. The summed E-state index contributed by atoms with van der Waals surface area (Å²) in [7, 11) is 4.41. The van der Waals surface area contributed by atoms with E-state index in [1.165, 1.54) is 0 Å². The molecule has 340 valence electrons. The fraction of sp³-hybridized carbons (Fsp3) is 0.241. The number of benzene rings is 4. The summed E-state index contributed by atoms with van der Waals surface area (Å²) in [5, 5.41) is 0. The lowest BCUT2D eigenvalue weighted by atomic mass is 9.97. The zero-order valence-corrected chi connectivity index (χ0v) is 39.1. The van der Waals surface area contributed by atoms with Gasteiger partial charge in [0.15, 0.2) is 17.9 Å². The third kappa shape index (κ3) is 7.63. The number of nitrogens with zero attached hydrogens (tertiary/aromatic N) is 3. The van der Waals surface area contributed by atoms with E-state index in [1.807, 2.05) is 45.9 Å². The molecule has 4 aromatic carbocycles. The van der Waals surface area contributed by atoms with Crippen molar-refractivity contribution in [2.45, 2.75) is 70.0 Å². The Morgan fingerprint density at radius 2 is 0.809 bits per heavy atom. The Morgan fingerprint density at radius 3 is 1.24 bits per heavy atom. The van der Waals surface area contributed by atoms with E-state index in [-0.39, 0.29) is 24.4 Å². The summed E-state index contributed by atoms with van der Waals surface area (Å²) in [4.78, 5) is 18.7. The SMILES string of the molecule is CC1(C)O[C@H]2[C@@H](O1)[C@@H](C[N+](C)(C)c1ccc(-c3c4nc(c(-c5ccccc5)c5ccc([nH]5)c(-c5ccccc5)c5nc(c(-c6ccccc6)c6ccc3[nH]6)C=C5)C=C4)cc1)O[C@@H]1OC(C)(C)O[C@@H]12. The van der Waals surface area contributed by atoms with E-state index in [2.05, 4.69) is 170 Å². The molecule has 0 amide bonds. The molecular formula is C58H54N5O5+. The lowest BCUT2D eigenvalue weighted by Gasteiger charge is -2.41. The Labute approximate surface area is 396 Å². The van der Waals surface area contributed by atoms with Crippen LogP contribution < -0.4 is 4.48 Å². The van der Waals surface area contributed by atoms with E-state index in [0.717, 1.165) is 95.0 Å². The highest BCUT2D eigenvalue weighted by Crippen LogP contribution is 2.45. The molecule has 3 aromatic heterocycles. The van der Waals surface area contributed by atoms with Crippen LogP contribution in [0.1, 0.15) is 50.5 Å². The number of fused-ring (bicyclic) bond motifs is 11. The molecule has 12 rings (SSSR count). The van der Waals surface area contributed by atoms with Crippen molar-refractivity contribution in [3.8, 4) is 44.5 Å². The zero-order chi connectivity index (χ0) is 46.4. The molecule has 7 aromatic rings. The van der Waals surface area contributed by atoms with Gasteiger partial charge in [0.05, 0.1) is 36.9 Å². The van der Waals surface area contributed by atoms with Gasteiger partial charge in [0.1, 0.15) is 36.6 Å². The van der Waals surface area contributed by atoms with Crippen molar-refractivity contribution in [2.75, 3.05) is 20.6 Å². The third-order valence-corrected chi connectivity index (χ3v) is 13.7. The molecule has 0 radical (unpaired) electrons. The molecular weight excluding hydrogens is 847 g/mol. The maximum Gasteiger partial charge on any atom is 0.190 e. The first-order valence-corrected chi connectivity index (χ1v) is 23.5. The molecule has 3 fully saturated rings. The average molecular weight is 901 g/mol. The van der Waals surface area contributed by atoms with Crippen LogP contribution in [0.5, 0.6) is 0 Å². The molecule has 5 atom stereocenters. The van der Waals surface area contributed by atoms with Crippen LogP contribution in [0.2, 0.25) is 0 Å². The van der Waals surface area contributed by atoms with Crippen LogP contribution in [0.4, 0.5) is 5.69 Å². The fourth-order valence-corrected chi connectivity index (χ4v) is 10.7. The maximum atomic E-state index is 6.69. The van der Waals surface area contributed by atoms with Crippen molar-refractivity contribution in [2.24, 2.45) is 0 Å². The third-order valence-electron chi connectivity index (χ3n) is 13.7. The Morgan fingerprint density at radius 1 is 0.441 bits per heavy atom. The van der Waals surface area contributed by atoms with E-state index in [1.54, 1.807) is 0 Å². The van der Waals surface area contributed by atoms with Gasteiger partial charge in [-0.05, 0) is 123 Å². The van der Waals surface area contributed by atoms with Crippen LogP contribution in [0.25, 0.3) is 90.9 Å². The second kappa shape index (κ2) is 16.2. The number of rotatable bonds is 7. The van der Waals surface area contributed by atoms with Crippen molar-refractivity contribution in [3.05, 3.63) is 162 Å². The van der Waals surface area contributed by atoms with Crippen molar-refractivity contribution < 1.29 is 23.7 Å². The summed E-state index contributed by atoms with van der Waals surface area (Å²) in [6.07, 6.45) is 6.69. The van der Waals surface area contributed by atoms with Gasteiger partial charge in [0.25, 0.3) is 0 Å². The molecule has 68 heavy (non-hydrogen) atoms. The van der Waals surface area contributed by atoms with Crippen LogP contribution in [-0.2, 0) is 23.7 Å². The molecule has 0 saturated carbocycles. The lowest BCUT2D eigenvalue weighted by molar-refractivity contribution is -0.235. The van der Waals surface area contributed by atoms with Crippen LogP contribution in [-0.4, -0.2) is 82.9 Å². The largest absolute Gasteiger partial charge is 0.354 e. The molecule has 5 aliphatic rings. The van der Waals surface area contributed by atoms with Gasteiger partial charge in [-0.25, -0.2) is 9.97 Å². The van der Waals surface area contributed by atoms with Crippen LogP contribution in [0, 0.1) is 0 Å². The Hall–Kier alpha value is -6.76. The Kier molecular flexibility index (Phi) is 10.1. The molecule has 5 aliphatic heterocycles. The van der Waals surface area contributed by atoms with Gasteiger partial charge in [-0.15, -0.1) is 0 Å². The highest BCUT2D eigenvalue weighted by molar-refractivity contribution is 5.99. The van der Waals surface area contributed by atoms with Gasteiger partial charge in [0, 0.05) is 44.3 Å². The van der Waals surface area contributed by atoms with Gasteiger partial charge >= 0.3 is 0 Å². The normalized spacial score (nSPS) is 22.3. The van der Waals surface area contributed by atoms with Crippen molar-refractivity contribution in [1.82, 2.24) is 24.4 Å². The van der Waals surface area contributed by atoms with Crippen LogP contribution >= 0.6 is 0 Å². The second-order valence-electron chi connectivity index (χ2n) is 19.7. The molecule has 3 saturated heterocycles. The number of hydrogen-bond donors (Lipinski definition) is 2. The van der Waals surface area contributed by atoms with E-state index >= 15 is 0 Å². The number of quaternary nitrogens is 1. The first-order chi connectivity index (χ1) is 32.9. The molecule has 10 heteroatoms. The highest BCUT2D eigenvalue weighted by atomic mass is 16.9. The molecule has 0 spiro atoms. The minimum atomic E-state index is -0.784. The van der Waals surface area contributed by atoms with Gasteiger partial charge in [-0.3, -0.25) is 4.48 Å². The number of likely N-dealkylation sites (N-methyl/N-ethyl adjacent to an activating group) is 1. The number of ether oxygens (including phenoxy) is 5. The smallest absolute Gasteiger partial charge is 0.190 e. The predicted molar refractivity (Wildman–Crippen MR) is 272 cm³/mol. The minimum absolute atomic E-state index is 0.307. The number of hydrogen-bond acceptors (Lipinski definition) is 7. The van der Waals surface area contributed by atoms with Crippen molar-refractivity contribution >= 4 is 52.1 Å². The summed E-state index contributed by atoms with van der Waals surface area (Å²) < 4.78 is 32.7. The van der Waals surface area contributed by atoms with E-state index in [4.69, 9.17) is 33.7 Å². The quantitative estimate of drug-likeness (QED) is 0.154. The van der Waals surface area contributed by atoms with Gasteiger partial charge in [-0.2, -0.15) is 0 Å². The molecule has 8 heterocycles. The zero-order valence-electron chi connectivity index (χ0n) is 39.1. The van der Waals surface area contributed by atoms with E-state index in [9.17, 15) is 0 Å². The van der Waals surface area contributed by atoms with Crippen molar-refractivity contribution in [3.63, 3.8) is 0 Å². The molecule has 2 N–H and O–H groups in total. The summed E-state index contributed by atoms with van der Waals surface area (Å²) in [5.74, 6) is -1.56. The molecule has 8 bridgehead atoms. The van der Waals surface area contributed by atoms with Crippen molar-refractivity contribution in [1.29, 1.82) is 0 Å². The number of H-pyrrole nitrogens is 2. The van der Waals surface area contributed by atoms with Gasteiger partial charge < -0.3 is 33.7 Å². The average Bonchev–Trinajstić information content (AvgIpc) is 4.21. The van der Waals surface area contributed by atoms with Gasteiger partial charge in [-0.1, -0.05) is 91.0 Å². The highest BCUT2D eigenvalue weighted by Gasteiger charge is 2.61. The van der Waals surface area contributed by atoms with E-state index in [0.29, 0.717) is 11.0 Å². The van der Waals surface area contributed by atoms with Crippen LogP contribution in [0.3, 0.4) is 0 Å². The Bertz CT molecular complexity index is 3260. The summed E-state index contributed by atoms with van der Waals surface area (Å²) in [6, 6.07) is 49.0. The molecule has 0 unspecified atom stereocenters. The minimum Gasteiger partial charge on any atom is -0.354 e. The topological polar surface area (TPSA) is 104 Å². The standard InChI is InChI=1S/C58H54N5O5/c1-57(2)65-53-48(64-56-55(54(53)66-57)67-58(3,4)68-56)34-63(5,6)39-24-22-38(23-25-39)52-46-32-30-44(61-46)50(36-18-12-8-13-19-36)42-28-26-40(59-42)49(35-16-10-7-11-17-35)41-27-29-43(60-41)51(37-20-14-9-15-21-37)45-31-33-47(52)62-45/h7-33,48,53-56,59,62H,34H2,1-6H3/q+1/t48-,53+,54+,55-,56-/m1/s1. The fourth-order valence-electron chi connectivity index (χ4n) is 10.7. The maximum absolute atomic E-state index is 6.69. The summed E-state index contributed by atoms with van der Waals surface area (Å²) in [5.41, 5.74) is 16.7. The monoisotopic (exact) mass is 900 g/mol. The summed E-state index contributed by atoms with van der Waals surface area (Å²) >= 11 is 0. The number of aromatic amines is 2. The number of aromatic nitrogens is 4. The predicted octanol–water partition coefficient (Wildman–Crippen LogP) is 12.3. The van der Waals surface area contributed by atoms with Gasteiger partial charge in [0.2, 0.25) is 0 Å². The van der Waals surface area contributed by atoms with Crippen LogP contribution in [0.15, 0.2) is 140 Å². The second-order valence-corrected chi connectivity index (χ2v) is 19.7. The van der Waals surface area contributed by atoms with E-state index < -0.39 is 17.9 Å². The molecule has 0 aliphatic carbocycles. The first kappa shape index (κ1) is 42.6. The number of nitrogens with one attached hydrogen (secondary N) is 2. The molecule has 10 nitrogen and oxygen atoms in total. The first-order valence-electron chi connectivity index (χ1n) is 23.5. The lowest BCUT2D eigenvalue weighted by Crippen LogP contribution is -2.60. The Balaban J connectivity index is 1.03.